The minimum Gasteiger partial charge on any atom is -0.306 e. The summed E-state index contributed by atoms with van der Waals surface area (Å²) >= 11 is 8.01. The van der Waals surface area contributed by atoms with Crippen molar-refractivity contribution in [2.75, 3.05) is 6.54 Å². The van der Waals surface area contributed by atoms with Crippen LogP contribution < -0.4 is 5.32 Å². The fourth-order valence-corrected chi connectivity index (χ4v) is 3.35. The van der Waals surface area contributed by atoms with Crippen LogP contribution in [0, 0.1) is 6.92 Å². The number of aryl methyl sites for hydroxylation is 2. The van der Waals surface area contributed by atoms with Crippen molar-refractivity contribution in [3.63, 3.8) is 0 Å². The molecule has 2 rings (SSSR count). The summed E-state index contributed by atoms with van der Waals surface area (Å²) in [5.41, 5.74) is 2.42. The van der Waals surface area contributed by atoms with Gasteiger partial charge in [0.05, 0.1) is 6.04 Å². The van der Waals surface area contributed by atoms with Gasteiger partial charge in [0, 0.05) is 14.8 Å². The lowest BCUT2D eigenvalue weighted by atomic mass is 10.0. The Bertz CT molecular complexity index is 547. The van der Waals surface area contributed by atoms with Crippen molar-refractivity contribution in [3.8, 4) is 0 Å². The zero-order valence-corrected chi connectivity index (χ0v) is 13.2. The molecule has 0 aliphatic rings. The minimum atomic E-state index is 0.270. The van der Waals surface area contributed by atoms with Gasteiger partial charge in [-0.2, -0.15) is 0 Å². The van der Waals surface area contributed by atoms with Crippen LogP contribution in [0.15, 0.2) is 30.3 Å². The SMILES string of the molecule is CCNC(c1ccc(Cl)c(C)c1)c1ccc(CC)s1. The Morgan fingerprint density at radius 2 is 2.00 bits per heavy atom. The normalized spacial score (nSPS) is 12.6. The van der Waals surface area contributed by atoms with Crippen molar-refractivity contribution in [2.45, 2.75) is 33.2 Å². The number of rotatable bonds is 5. The quantitative estimate of drug-likeness (QED) is 0.820. The summed E-state index contributed by atoms with van der Waals surface area (Å²) in [6, 6.07) is 11.0. The van der Waals surface area contributed by atoms with Gasteiger partial charge in [0.1, 0.15) is 0 Å². The summed E-state index contributed by atoms with van der Waals surface area (Å²) in [6.07, 6.45) is 1.10. The van der Waals surface area contributed by atoms with Crippen LogP contribution in [0.2, 0.25) is 5.02 Å². The molecule has 1 N–H and O–H groups in total. The predicted molar refractivity (Wildman–Crippen MR) is 85.4 cm³/mol. The minimum absolute atomic E-state index is 0.270. The lowest BCUT2D eigenvalue weighted by molar-refractivity contribution is 0.639. The molecule has 19 heavy (non-hydrogen) atoms. The van der Waals surface area contributed by atoms with Crippen LogP contribution in [0.1, 0.15) is 40.8 Å². The number of hydrogen-bond donors (Lipinski definition) is 1. The van der Waals surface area contributed by atoms with Crippen LogP contribution in [-0.4, -0.2) is 6.54 Å². The average Bonchev–Trinajstić information content (AvgIpc) is 2.88. The lowest BCUT2D eigenvalue weighted by Gasteiger charge is -2.18. The van der Waals surface area contributed by atoms with Gasteiger partial charge in [-0.15, -0.1) is 11.3 Å². The highest BCUT2D eigenvalue weighted by Gasteiger charge is 2.15. The number of benzene rings is 1. The molecule has 0 bridgehead atoms. The van der Waals surface area contributed by atoms with Crippen LogP contribution in [0.25, 0.3) is 0 Å². The maximum atomic E-state index is 6.12. The van der Waals surface area contributed by atoms with Gasteiger partial charge in [0.2, 0.25) is 0 Å². The highest BCUT2D eigenvalue weighted by molar-refractivity contribution is 7.12. The van der Waals surface area contributed by atoms with E-state index in [-0.39, 0.29) is 6.04 Å². The first-order chi connectivity index (χ1) is 9.15. The Morgan fingerprint density at radius 3 is 2.58 bits per heavy atom. The third kappa shape index (κ3) is 3.38. The highest BCUT2D eigenvalue weighted by atomic mass is 35.5. The van der Waals surface area contributed by atoms with E-state index in [0.29, 0.717) is 0 Å². The molecule has 1 atom stereocenters. The first kappa shape index (κ1) is 14.6. The van der Waals surface area contributed by atoms with Crippen molar-refractivity contribution in [1.82, 2.24) is 5.32 Å². The monoisotopic (exact) mass is 293 g/mol. The molecule has 1 nitrogen and oxygen atoms in total. The summed E-state index contributed by atoms with van der Waals surface area (Å²) < 4.78 is 0. The molecule has 1 aromatic heterocycles. The van der Waals surface area contributed by atoms with E-state index in [0.717, 1.165) is 23.6 Å². The van der Waals surface area contributed by atoms with E-state index in [4.69, 9.17) is 11.6 Å². The number of thiophene rings is 1. The fraction of sp³-hybridized carbons (Fsp3) is 0.375. The molecular weight excluding hydrogens is 274 g/mol. The molecule has 1 unspecified atom stereocenters. The third-order valence-corrected chi connectivity index (χ3v) is 4.96. The number of nitrogens with one attached hydrogen (secondary N) is 1. The molecule has 1 aromatic carbocycles. The van der Waals surface area contributed by atoms with Crippen molar-refractivity contribution in [1.29, 1.82) is 0 Å². The molecular formula is C16H20ClNS. The molecule has 0 aliphatic carbocycles. The van der Waals surface area contributed by atoms with Gasteiger partial charge in [-0.05, 0) is 49.2 Å². The van der Waals surface area contributed by atoms with Gasteiger partial charge in [-0.3, -0.25) is 0 Å². The first-order valence-corrected chi connectivity index (χ1v) is 7.93. The Balaban J connectivity index is 2.35. The number of hydrogen-bond acceptors (Lipinski definition) is 2. The maximum Gasteiger partial charge on any atom is 0.0671 e. The van der Waals surface area contributed by atoms with Gasteiger partial charge in [0.15, 0.2) is 0 Å². The molecule has 1 heterocycles. The van der Waals surface area contributed by atoms with Gasteiger partial charge in [0.25, 0.3) is 0 Å². The average molecular weight is 294 g/mol. The van der Waals surface area contributed by atoms with Gasteiger partial charge in [-0.1, -0.05) is 37.6 Å². The Morgan fingerprint density at radius 1 is 1.21 bits per heavy atom. The van der Waals surface area contributed by atoms with Crippen LogP contribution in [-0.2, 0) is 6.42 Å². The zero-order valence-electron chi connectivity index (χ0n) is 11.7. The molecule has 2 aromatic rings. The smallest absolute Gasteiger partial charge is 0.0671 e. The van der Waals surface area contributed by atoms with Crippen molar-refractivity contribution >= 4 is 22.9 Å². The maximum absolute atomic E-state index is 6.12. The van der Waals surface area contributed by atoms with Crippen LogP contribution in [0.3, 0.4) is 0 Å². The second kappa shape index (κ2) is 6.56. The van der Waals surface area contributed by atoms with E-state index in [1.807, 2.05) is 17.4 Å². The fourth-order valence-electron chi connectivity index (χ4n) is 2.17. The van der Waals surface area contributed by atoms with Crippen molar-refractivity contribution in [2.24, 2.45) is 0 Å². The van der Waals surface area contributed by atoms with E-state index in [1.54, 1.807) is 0 Å². The summed E-state index contributed by atoms with van der Waals surface area (Å²) in [4.78, 5) is 2.81. The summed E-state index contributed by atoms with van der Waals surface area (Å²) in [6.45, 7) is 7.35. The molecule has 102 valence electrons. The molecule has 0 saturated heterocycles. The lowest BCUT2D eigenvalue weighted by Crippen LogP contribution is -2.21. The van der Waals surface area contributed by atoms with Crippen molar-refractivity contribution in [3.05, 3.63) is 56.2 Å². The van der Waals surface area contributed by atoms with Crippen molar-refractivity contribution < 1.29 is 0 Å². The predicted octanol–water partition coefficient (Wildman–Crippen LogP) is 4.97. The van der Waals surface area contributed by atoms with Crippen LogP contribution >= 0.6 is 22.9 Å². The van der Waals surface area contributed by atoms with E-state index in [2.05, 4.69) is 50.4 Å². The molecule has 3 heteroatoms. The van der Waals surface area contributed by atoms with E-state index in [9.17, 15) is 0 Å². The summed E-state index contributed by atoms with van der Waals surface area (Å²) in [7, 11) is 0. The Kier molecular flexibility index (Phi) is 5.03. The molecule has 0 saturated carbocycles. The van der Waals surface area contributed by atoms with Gasteiger partial charge in [-0.25, -0.2) is 0 Å². The summed E-state index contributed by atoms with van der Waals surface area (Å²) in [5, 5.41) is 4.40. The second-order valence-corrected chi connectivity index (χ2v) is 6.26. The Labute approximate surface area is 124 Å². The first-order valence-electron chi connectivity index (χ1n) is 6.73. The van der Waals surface area contributed by atoms with Gasteiger partial charge < -0.3 is 5.32 Å². The molecule has 0 aliphatic heterocycles. The zero-order chi connectivity index (χ0) is 13.8. The summed E-state index contributed by atoms with van der Waals surface area (Å²) in [5.74, 6) is 0. The Hall–Kier alpha value is -0.830. The van der Waals surface area contributed by atoms with Gasteiger partial charge >= 0.3 is 0 Å². The van der Waals surface area contributed by atoms with Crippen LogP contribution in [0.4, 0.5) is 0 Å². The second-order valence-electron chi connectivity index (χ2n) is 4.66. The van der Waals surface area contributed by atoms with E-state index < -0.39 is 0 Å². The molecule has 0 fully saturated rings. The molecule has 0 amide bonds. The third-order valence-electron chi connectivity index (χ3n) is 3.24. The van der Waals surface area contributed by atoms with Crippen LogP contribution in [0.5, 0.6) is 0 Å². The molecule has 0 radical (unpaired) electrons. The topological polar surface area (TPSA) is 12.0 Å². The van der Waals surface area contributed by atoms with E-state index >= 15 is 0 Å². The standard InChI is InChI=1S/C16H20ClNS/c1-4-13-7-9-15(19-13)16(18-5-2)12-6-8-14(17)11(3)10-12/h6-10,16,18H,4-5H2,1-3H3. The largest absolute Gasteiger partial charge is 0.306 e. The number of halogens is 1. The highest BCUT2D eigenvalue weighted by Crippen LogP contribution is 2.30. The van der Waals surface area contributed by atoms with E-state index in [1.165, 1.54) is 15.3 Å². The molecule has 0 spiro atoms.